The molecule has 14 heavy (non-hydrogen) atoms. The van der Waals surface area contributed by atoms with Crippen molar-refractivity contribution in [3.05, 3.63) is 45.9 Å². The van der Waals surface area contributed by atoms with Crippen LogP contribution in [-0.4, -0.2) is 6.29 Å². The van der Waals surface area contributed by atoms with Gasteiger partial charge in [-0.25, -0.2) is 0 Å². The lowest BCUT2D eigenvalue weighted by Crippen LogP contribution is -1.89. The van der Waals surface area contributed by atoms with Crippen LogP contribution in [0.1, 0.15) is 29.8 Å². The summed E-state index contributed by atoms with van der Waals surface area (Å²) in [6, 6.07) is 7.60. The number of hydrogen-bond donors (Lipinski definition) is 1. The van der Waals surface area contributed by atoms with Crippen LogP contribution in [0.15, 0.2) is 34.7 Å². The smallest absolute Gasteiger partial charge is 0.150 e. The van der Waals surface area contributed by atoms with Crippen molar-refractivity contribution in [2.45, 2.75) is 20.3 Å². The number of allylic oxidation sites excluding steroid dienone is 2. The first kappa shape index (κ1) is 11.1. The van der Waals surface area contributed by atoms with Crippen molar-refractivity contribution in [3.63, 3.8) is 0 Å². The summed E-state index contributed by atoms with van der Waals surface area (Å²) in [6.45, 7) is 4.07. The van der Waals surface area contributed by atoms with Crippen LogP contribution in [-0.2, 0) is 6.42 Å². The second-order valence-corrected chi connectivity index (χ2v) is 4.03. The Bertz CT molecular complexity index is 362. The highest BCUT2D eigenvalue weighted by molar-refractivity contribution is 7.84. The second-order valence-electron chi connectivity index (χ2n) is 3.49. The highest BCUT2D eigenvalue weighted by Crippen LogP contribution is 2.15. The minimum Gasteiger partial charge on any atom is -0.298 e. The van der Waals surface area contributed by atoms with Crippen LogP contribution in [0.2, 0.25) is 0 Å². The molecule has 0 saturated carbocycles. The first-order chi connectivity index (χ1) is 6.63. The monoisotopic (exact) mass is 206 g/mol. The van der Waals surface area contributed by atoms with Gasteiger partial charge in [0.1, 0.15) is 6.29 Å². The predicted molar refractivity (Wildman–Crippen MR) is 62.9 cm³/mol. The Labute approximate surface area is 90.2 Å². The van der Waals surface area contributed by atoms with Gasteiger partial charge < -0.3 is 0 Å². The third-order valence-electron chi connectivity index (χ3n) is 2.04. The minimum atomic E-state index is 0.720. The third-order valence-corrected chi connectivity index (χ3v) is 2.64. The van der Waals surface area contributed by atoms with Gasteiger partial charge in [-0.15, -0.1) is 12.6 Å². The van der Waals surface area contributed by atoms with E-state index >= 15 is 0 Å². The van der Waals surface area contributed by atoms with Gasteiger partial charge in [0, 0.05) is 12.0 Å². The Morgan fingerprint density at radius 2 is 2.14 bits per heavy atom. The Hall–Kier alpha value is -1.02. The predicted octanol–water partition coefficient (Wildman–Crippen LogP) is 3.27. The Balaban J connectivity index is 2.87. The molecule has 0 N–H and O–H groups in total. The highest BCUT2D eigenvalue weighted by atomic mass is 32.1. The van der Waals surface area contributed by atoms with Crippen LogP contribution in [0.5, 0.6) is 0 Å². The molecule has 0 heterocycles. The summed E-state index contributed by atoms with van der Waals surface area (Å²) in [5.41, 5.74) is 3.06. The van der Waals surface area contributed by atoms with Gasteiger partial charge in [-0.05, 0) is 30.4 Å². The highest BCUT2D eigenvalue weighted by Gasteiger charge is 1.98. The van der Waals surface area contributed by atoms with E-state index in [-0.39, 0.29) is 0 Å². The molecule has 0 aromatic heterocycles. The number of carbonyl (C=O) groups is 1. The molecule has 2 heteroatoms. The molecule has 1 aromatic rings. The van der Waals surface area contributed by atoms with Crippen molar-refractivity contribution < 1.29 is 4.79 Å². The lowest BCUT2D eigenvalue weighted by Gasteiger charge is -2.03. The molecular weight excluding hydrogens is 192 g/mol. The zero-order chi connectivity index (χ0) is 10.6. The summed E-state index contributed by atoms with van der Waals surface area (Å²) >= 11 is 4.39. The number of carbonyl (C=O) groups excluding carboxylic acids is 1. The van der Waals surface area contributed by atoms with Crippen molar-refractivity contribution in [2.75, 3.05) is 0 Å². The number of benzene rings is 1. The topological polar surface area (TPSA) is 17.1 Å². The van der Waals surface area contributed by atoms with E-state index in [1.165, 1.54) is 5.57 Å². The van der Waals surface area contributed by atoms with E-state index < -0.39 is 0 Å². The quantitative estimate of drug-likeness (QED) is 0.593. The van der Waals surface area contributed by atoms with Crippen molar-refractivity contribution in [1.82, 2.24) is 0 Å². The van der Waals surface area contributed by atoms with Crippen molar-refractivity contribution in [1.29, 1.82) is 0 Å². The summed E-state index contributed by atoms with van der Waals surface area (Å²) in [5.74, 6) is 0. The van der Waals surface area contributed by atoms with Gasteiger partial charge in [0.25, 0.3) is 0 Å². The number of rotatable bonds is 3. The van der Waals surface area contributed by atoms with E-state index in [9.17, 15) is 4.79 Å². The summed E-state index contributed by atoms with van der Waals surface area (Å²) < 4.78 is 0. The standard InChI is InChI=1S/C12H14OS/c1-9(2)12(14)7-10-4-3-5-11(6-10)8-13/h3-6,8,14H,7H2,1-2H3. The lowest BCUT2D eigenvalue weighted by atomic mass is 10.1. The van der Waals surface area contributed by atoms with E-state index in [1.54, 1.807) is 6.07 Å². The minimum absolute atomic E-state index is 0.720. The van der Waals surface area contributed by atoms with Crippen LogP contribution >= 0.6 is 12.6 Å². The van der Waals surface area contributed by atoms with E-state index in [4.69, 9.17) is 0 Å². The van der Waals surface area contributed by atoms with Crippen molar-refractivity contribution >= 4 is 18.9 Å². The molecule has 1 aromatic carbocycles. The molecule has 0 atom stereocenters. The maximum absolute atomic E-state index is 10.5. The maximum atomic E-state index is 10.5. The summed E-state index contributed by atoms with van der Waals surface area (Å²) in [5, 5.41) is 0. The van der Waals surface area contributed by atoms with Gasteiger partial charge >= 0.3 is 0 Å². The largest absolute Gasteiger partial charge is 0.298 e. The van der Waals surface area contributed by atoms with E-state index in [0.29, 0.717) is 0 Å². The normalized spacial score (nSPS) is 9.64. The van der Waals surface area contributed by atoms with Crippen LogP contribution in [0, 0.1) is 0 Å². The maximum Gasteiger partial charge on any atom is 0.150 e. The molecule has 1 rings (SSSR count). The first-order valence-corrected chi connectivity index (χ1v) is 4.97. The van der Waals surface area contributed by atoms with Gasteiger partial charge in [-0.2, -0.15) is 0 Å². The fourth-order valence-electron chi connectivity index (χ4n) is 1.15. The summed E-state index contributed by atoms with van der Waals surface area (Å²) in [4.78, 5) is 11.6. The summed E-state index contributed by atoms with van der Waals surface area (Å²) in [6.07, 6.45) is 1.66. The molecule has 0 radical (unpaired) electrons. The van der Waals surface area contributed by atoms with Crippen molar-refractivity contribution in [3.8, 4) is 0 Å². The molecule has 1 nitrogen and oxygen atoms in total. The molecule has 0 aliphatic heterocycles. The van der Waals surface area contributed by atoms with Crippen LogP contribution in [0.25, 0.3) is 0 Å². The first-order valence-electron chi connectivity index (χ1n) is 4.53. The average molecular weight is 206 g/mol. The molecule has 0 fully saturated rings. The van der Waals surface area contributed by atoms with Gasteiger partial charge in [-0.1, -0.05) is 23.8 Å². The Kier molecular flexibility index (Phi) is 3.96. The fraction of sp³-hybridized carbons (Fsp3) is 0.250. The van der Waals surface area contributed by atoms with Crippen LogP contribution in [0.4, 0.5) is 0 Å². The molecule has 0 amide bonds. The van der Waals surface area contributed by atoms with Crippen LogP contribution in [0.3, 0.4) is 0 Å². The van der Waals surface area contributed by atoms with E-state index in [1.807, 2.05) is 32.0 Å². The average Bonchev–Trinajstić information content (AvgIpc) is 2.18. The van der Waals surface area contributed by atoms with Gasteiger partial charge in [0.2, 0.25) is 0 Å². The van der Waals surface area contributed by atoms with Crippen molar-refractivity contribution in [2.24, 2.45) is 0 Å². The number of aldehydes is 1. The lowest BCUT2D eigenvalue weighted by molar-refractivity contribution is 0.112. The molecular formula is C12H14OS. The molecule has 0 saturated heterocycles. The van der Waals surface area contributed by atoms with E-state index in [0.717, 1.165) is 28.7 Å². The zero-order valence-electron chi connectivity index (χ0n) is 8.45. The summed E-state index contributed by atoms with van der Waals surface area (Å²) in [7, 11) is 0. The fourth-order valence-corrected chi connectivity index (χ4v) is 1.33. The Morgan fingerprint density at radius 3 is 2.71 bits per heavy atom. The van der Waals surface area contributed by atoms with Crippen LogP contribution < -0.4 is 0 Å². The molecule has 0 aliphatic carbocycles. The van der Waals surface area contributed by atoms with E-state index in [2.05, 4.69) is 12.6 Å². The number of hydrogen-bond acceptors (Lipinski definition) is 2. The molecule has 0 bridgehead atoms. The molecule has 74 valence electrons. The molecule has 0 spiro atoms. The number of thiol groups is 1. The molecule has 0 unspecified atom stereocenters. The van der Waals surface area contributed by atoms with Gasteiger partial charge in [0.05, 0.1) is 0 Å². The SMILES string of the molecule is CC(C)=C(S)Cc1cccc(C=O)c1. The third kappa shape index (κ3) is 3.04. The zero-order valence-corrected chi connectivity index (χ0v) is 9.34. The van der Waals surface area contributed by atoms with Gasteiger partial charge in [0.15, 0.2) is 0 Å². The Morgan fingerprint density at radius 1 is 1.43 bits per heavy atom. The second kappa shape index (κ2) is 5.01. The molecule has 0 aliphatic rings. The van der Waals surface area contributed by atoms with Gasteiger partial charge in [-0.3, -0.25) is 4.79 Å².